The lowest BCUT2D eigenvalue weighted by atomic mass is 10.0. The smallest absolute Gasteiger partial charge is 0.198 e. The molecule has 58 valence electrons. The number of fused-ring (bicyclic) bond motifs is 1. The molecule has 0 saturated heterocycles. The minimum Gasteiger partial charge on any atom is -0.369 e. The number of nitrogens with one attached hydrogen (secondary N) is 1. The molecule has 11 heavy (non-hydrogen) atoms. The molecule has 0 bridgehead atoms. The largest absolute Gasteiger partial charge is 0.369 e. The summed E-state index contributed by atoms with van der Waals surface area (Å²) in [7, 11) is 0. The molecule has 0 radical (unpaired) electrons. The van der Waals surface area contributed by atoms with Gasteiger partial charge in [0.2, 0.25) is 0 Å². The molecule has 1 unspecified atom stereocenters. The van der Waals surface area contributed by atoms with Crippen molar-refractivity contribution in [1.82, 2.24) is 9.97 Å². The summed E-state index contributed by atoms with van der Waals surface area (Å²) in [4.78, 5) is 7.13. The number of imidazole rings is 1. The molecule has 1 atom stereocenters. The maximum absolute atomic E-state index is 5.50. The molecule has 1 aromatic rings. The van der Waals surface area contributed by atoms with Crippen LogP contribution in [0, 0.1) is 5.92 Å². The van der Waals surface area contributed by atoms with Gasteiger partial charge in [-0.25, -0.2) is 4.98 Å². The Hall–Kier alpha value is -1.25. The first kappa shape index (κ1) is 6.46. The summed E-state index contributed by atoms with van der Waals surface area (Å²) in [5.41, 5.74) is 5.50. The Labute approximate surface area is 64.6 Å². The lowest BCUT2D eigenvalue weighted by Gasteiger charge is -2.02. The highest BCUT2D eigenvalue weighted by molar-refractivity contribution is 5.38. The number of H-pyrrole nitrogens is 1. The van der Waals surface area contributed by atoms with Crippen molar-refractivity contribution in [3.8, 4) is 0 Å². The second-order valence-corrected chi connectivity index (χ2v) is 3.00. The van der Waals surface area contributed by atoms with Crippen molar-refractivity contribution in [2.45, 2.75) is 13.3 Å². The third kappa shape index (κ3) is 1.02. The van der Waals surface area contributed by atoms with Gasteiger partial charge in [0.25, 0.3) is 0 Å². The lowest BCUT2D eigenvalue weighted by Crippen LogP contribution is -2.28. The Bertz CT molecular complexity index is 375. The van der Waals surface area contributed by atoms with Gasteiger partial charge in [-0.05, 0) is 12.3 Å². The molecule has 0 fully saturated rings. The van der Waals surface area contributed by atoms with Gasteiger partial charge in [0, 0.05) is 0 Å². The molecule has 1 heterocycles. The Morgan fingerprint density at radius 3 is 3.36 bits per heavy atom. The van der Waals surface area contributed by atoms with Crippen LogP contribution >= 0.6 is 0 Å². The number of nitrogens with two attached hydrogens (primary N) is 1. The van der Waals surface area contributed by atoms with Crippen LogP contribution in [0.2, 0.25) is 0 Å². The molecule has 0 spiro atoms. The van der Waals surface area contributed by atoms with Crippen LogP contribution in [-0.4, -0.2) is 9.97 Å². The third-order valence-corrected chi connectivity index (χ3v) is 1.91. The Kier molecular flexibility index (Phi) is 1.24. The first-order valence-corrected chi connectivity index (χ1v) is 3.79. The predicted molar refractivity (Wildman–Crippen MR) is 45.0 cm³/mol. The average molecular weight is 149 g/mol. The van der Waals surface area contributed by atoms with Gasteiger partial charge >= 0.3 is 0 Å². The number of hydrogen-bond donors (Lipinski definition) is 2. The molecule has 0 aliphatic heterocycles. The van der Waals surface area contributed by atoms with Crippen LogP contribution in [0.5, 0.6) is 0 Å². The Morgan fingerprint density at radius 2 is 2.55 bits per heavy atom. The van der Waals surface area contributed by atoms with E-state index in [0.717, 1.165) is 17.1 Å². The molecule has 2 rings (SSSR count). The van der Waals surface area contributed by atoms with Crippen LogP contribution in [0.15, 0.2) is 0 Å². The first-order valence-electron chi connectivity index (χ1n) is 3.79. The third-order valence-electron chi connectivity index (χ3n) is 1.91. The fourth-order valence-electron chi connectivity index (χ4n) is 1.35. The van der Waals surface area contributed by atoms with E-state index in [1.807, 2.05) is 0 Å². The second kappa shape index (κ2) is 2.12. The van der Waals surface area contributed by atoms with Crippen molar-refractivity contribution in [1.29, 1.82) is 0 Å². The van der Waals surface area contributed by atoms with Crippen molar-refractivity contribution < 1.29 is 0 Å². The first-order chi connectivity index (χ1) is 5.25. The molecular formula is C8H11N3. The molecule has 1 aromatic heterocycles. The SMILES string of the molecule is CC1C=c2[nH]c(N)nc2=CC1. The molecule has 3 nitrogen and oxygen atoms in total. The number of aromatic amines is 1. The van der Waals surface area contributed by atoms with Crippen molar-refractivity contribution in [3.63, 3.8) is 0 Å². The fraction of sp³-hybridized carbons (Fsp3) is 0.375. The number of aromatic nitrogens is 2. The number of nitrogen functional groups attached to an aromatic ring is 1. The monoisotopic (exact) mass is 149 g/mol. The van der Waals surface area contributed by atoms with Gasteiger partial charge in [0.15, 0.2) is 5.95 Å². The van der Waals surface area contributed by atoms with E-state index in [0.29, 0.717) is 11.9 Å². The summed E-state index contributed by atoms with van der Waals surface area (Å²) in [6.45, 7) is 2.18. The summed E-state index contributed by atoms with van der Waals surface area (Å²) in [6, 6.07) is 0. The van der Waals surface area contributed by atoms with E-state index in [-0.39, 0.29) is 0 Å². The number of rotatable bonds is 0. The van der Waals surface area contributed by atoms with Crippen LogP contribution in [-0.2, 0) is 0 Å². The lowest BCUT2D eigenvalue weighted by molar-refractivity contribution is 0.795. The maximum Gasteiger partial charge on any atom is 0.198 e. The predicted octanol–water partition coefficient (Wildman–Crippen LogP) is -0.407. The zero-order valence-electron chi connectivity index (χ0n) is 6.46. The standard InChI is InChI=1S/C8H11N3/c1-5-2-3-6-7(4-5)11-8(9)10-6/h3-5H,2H2,1H3,(H3,9,10,11). The molecule has 3 heteroatoms. The average Bonchev–Trinajstić information content (AvgIpc) is 2.27. The quantitative estimate of drug-likeness (QED) is 0.527. The van der Waals surface area contributed by atoms with E-state index in [1.54, 1.807) is 0 Å². The van der Waals surface area contributed by atoms with Gasteiger partial charge in [0.1, 0.15) is 0 Å². The van der Waals surface area contributed by atoms with Crippen LogP contribution < -0.4 is 16.4 Å². The van der Waals surface area contributed by atoms with Gasteiger partial charge in [0.05, 0.1) is 10.7 Å². The maximum atomic E-state index is 5.50. The van der Waals surface area contributed by atoms with Gasteiger partial charge < -0.3 is 10.7 Å². The normalized spacial score (nSPS) is 21.7. The van der Waals surface area contributed by atoms with E-state index < -0.39 is 0 Å². The Morgan fingerprint density at radius 1 is 1.73 bits per heavy atom. The molecule has 0 aromatic carbocycles. The Balaban J connectivity index is 2.72. The van der Waals surface area contributed by atoms with E-state index in [1.165, 1.54) is 0 Å². The zero-order chi connectivity index (χ0) is 7.84. The summed E-state index contributed by atoms with van der Waals surface area (Å²) in [6.07, 6.45) is 5.35. The van der Waals surface area contributed by atoms with Gasteiger partial charge in [-0.2, -0.15) is 0 Å². The molecule has 0 saturated carbocycles. The van der Waals surface area contributed by atoms with E-state index >= 15 is 0 Å². The molecule has 0 amide bonds. The number of hydrogen-bond acceptors (Lipinski definition) is 2. The van der Waals surface area contributed by atoms with Gasteiger partial charge in [-0.1, -0.05) is 19.1 Å². The molecule has 3 N–H and O–H groups in total. The number of nitrogens with zero attached hydrogens (tertiary/aromatic N) is 1. The summed E-state index contributed by atoms with van der Waals surface area (Å²) >= 11 is 0. The minimum absolute atomic E-state index is 0.511. The molecule has 1 aliphatic carbocycles. The highest BCUT2D eigenvalue weighted by Crippen LogP contribution is 2.05. The van der Waals surface area contributed by atoms with E-state index in [9.17, 15) is 0 Å². The fourth-order valence-corrected chi connectivity index (χ4v) is 1.35. The summed E-state index contributed by atoms with van der Waals surface area (Å²) in [5.74, 6) is 1.11. The highest BCUT2D eigenvalue weighted by atomic mass is 15.0. The van der Waals surface area contributed by atoms with Crippen LogP contribution in [0.25, 0.3) is 12.2 Å². The molecular weight excluding hydrogens is 138 g/mol. The van der Waals surface area contributed by atoms with Crippen LogP contribution in [0.1, 0.15) is 13.3 Å². The van der Waals surface area contributed by atoms with Gasteiger partial charge in [-0.15, -0.1) is 0 Å². The minimum atomic E-state index is 0.511. The summed E-state index contributed by atoms with van der Waals surface area (Å²) in [5, 5.41) is 2.07. The topological polar surface area (TPSA) is 54.7 Å². The van der Waals surface area contributed by atoms with Crippen LogP contribution in [0.4, 0.5) is 5.95 Å². The van der Waals surface area contributed by atoms with Crippen molar-refractivity contribution in [2.24, 2.45) is 5.92 Å². The van der Waals surface area contributed by atoms with Gasteiger partial charge in [-0.3, -0.25) is 0 Å². The van der Waals surface area contributed by atoms with Crippen molar-refractivity contribution in [3.05, 3.63) is 10.7 Å². The zero-order valence-corrected chi connectivity index (χ0v) is 6.46. The van der Waals surface area contributed by atoms with Crippen molar-refractivity contribution >= 4 is 18.1 Å². The second-order valence-electron chi connectivity index (χ2n) is 3.00. The summed E-state index contributed by atoms with van der Waals surface area (Å²) < 4.78 is 0. The van der Waals surface area contributed by atoms with Crippen molar-refractivity contribution in [2.75, 3.05) is 5.73 Å². The van der Waals surface area contributed by atoms with E-state index in [2.05, 4.69) is 29.0 Å². The van der Waals surface area contributed by atoms with E-state index in [4.69, 9.17) is 5.73 Å². The molecule has 1 aliphatic rings. The number of anilines is 1. The van der Waals surface area contributed by atoms with Crippen LogP contribution in [0.3, 0.4) is 0 Å². The highest BCUT2D eigenvalue weighted by Gasteiger charge is 2.03.